The highest BCUT2D eigenvalue weighted by Crippen LogP contribution is 2.27. The molecular formula is C21H29N3O3. The van der Waals surface area contributed by atoms with E-state index in [1.165, 1.54) is 5.56 Å². The number of hydrogen-bond donors (Lipinski definition) is 2. The van der Waals surface area contributed by atoms with Crippen molar-refractivity contribution in [2.45, 2.75) is 19.9 Å². The molecule has 146 valence electrons. The summed E-state index contributed by atoms with van der Waals surface area (Å²) in [5.74, 6) is 2.56. The lowest BCUT2D eigenvalue weighted by molar-refractivity contribution is 0.354. The van der Waals surface area contributed by atoms with Gasteiger partial charge < -0.3 is 24.8 Å². The number of phenols is 1. The second-order valence-electron chi connectivity index (χ2n) is 6.20. The SMILES string of the molecule is CCNC(=NCc1cccc(O)c1)N(C)CCc1ccc(OC)c(OC)c1. The molecular weight excluding hydrogens is 342 g/mol. The smallest absolute Gasteiger partial charge is 0.193 e. The number of hydrogen-bond acceptors (Lipinski definition) is 4. The molecule has 0 saturated heterocycles. The fourth-order valence-electron chi connectivity index (χ4n) is 2.73. The minimum absolute atomic E-state index is 0.259. The van der Waals surface area contributed by atoms with Gasteiger partial charge in [0.25, 0.3) is 0 Å². The van der Waals surface area contributed by atoms with Gasteiger partial charge in [-0.15, -0.1) is 0 Å². The van der Waals surface area contributed by atoms with E-state index in [1.54, 1.807) is 26.4 Å². The second kappa shape index (κ2) is 10.3. The summed E-state index contributed by atoms with van der Waals surface area (Å²) in [6, 6.07) is 13.2. The first kappa shape index (κ1) is 20.4. The van der Waals surface area contributed by atoms with Gasteiger partial charge in [0, 0.05) is 20.1 Å². The van der Waals surface area contributed by atoms with Crippen LogP contribution in [0.2, 0.25) is 0 Å². The molecule has 0 aliphatic carbocycles. The molecule has 0 aromatic heterocycles. The minimum Gasteiger partial charge on any atom is -0.508 e. The Bertz CT molecular complexity index is 762. The van der Waals surface area contributed by atoms with E-state index in [0.29, 0.717) is 6.54 Å². The van der Waals surface area contributed by atoms with Crippen molar-refractivity contribution >= 4 is 5.96 Å². The average molecular weight is 371 g/mol. The monoisotopic (exact) mass is 371 g/mol. The normalized spacial score (nSPS) is 11.2. The summed E-state index contributed by atoms with van der Waals surface area (Å²) >= 11 is 0. The number of benzene rings is 2. The topological polar surface area (TPSA) is 66.3 Å². The molecule has 0 bridgehead atoms. The number of phenolic OH excluding ortho intramolecular Hbond substituents is 1. The number of likely N-dealkylation sites (N-methyl/N-ethyl adjacent to an activating group) is 1. The zero-order chi connectivity index (χ0) is 19.6. The largest absolute Gasteiger partial charge is 0.508 e. The Labute approximate surface area is 161 Å². The molecule has 0 saturated carbocycles. The molecule has 0 aliphatic rings. The van der Waals surface area contributed by atoms with Crippen molar-refractivity contribution in [1.29, 1.82) is 0 Å². The molecule has 6 nitrogen and oxygen atoms in total. The van der Waals surface area contributed by atoms with Gasteiger partial charge in [0.1, 0.15) is 5.75 Å². The van der Waals surface area contributed by atoms with Crippen molar-refractivity contribution in [3.05, 3.63) is 53.6 Å². The third kappa shape index (κ3) is 6.09. The van der Waals surface area contributed by atoms with Crippen LogP contribution in [0.1, 0.15) is 18.1 Å². The van der Waals surface area contributed by atoms with Crippen LogP contribution in [0.5, 0.6) is 17.2 Å². The molecule has 2 N–H and O–H groups in total. The molecule has 0 aliphatic heterocycles. The van der Waals surface area contributed by atoms with Crippen molar-refractivity contribution in [3.8, 4) is 17.2 Å². The van der Waals surface area contributed by atoms with Crippen LogP contribution < -0.4 is 14.8 Å². The predicted octanol–water partition coefficient (Wildman–Crippen LogP) is 3.05. The van der Waals surface area contributed by atoms with Crippen molar-refractivity contribution in [2.75, 3.05) is 34.4 Å². The molecule has 0 heterocycles. The van der Waals surface area contributed by atoms with Crippen molar-refractivity contribution in [1.82, 2.24) is 10.2 Å². The van der Waals surface area contributed by atoms with Crippen molar-refractivity contribution in [3.63, 3.8) is 0 Å². The molecule has 2 aromatic rings. The van der Waals surface area contributed by atoms with Crippen molar-refractivity contribution in [2.24, 2.45) is 4.99 Å². The number of ether oxygens (including phenoxy) is 2. The summed E-state index contributed by atoms with van der Waals surface area (Å²) in [6.45, 7) is 4.16. The van der Waals surface area contributed by atoms with E-state index in [0.717, 1.165) is 42.5 Å². The summed E-state index contributed by atoms with van der Waals surface area (Å²) in [4.78, 5) is 6.77. The van der Waals surface area contributed by atoms with E-state index >= 15 is 0 Å². The van der Waals surface area contributed by atoms with Gasteiger partial charge in [0.2, 0.25) is 0 Å². The molecule has 2 aromatic carbocycles. The van der Waals surface area contributed by atoms with E-state index in [-0.39, 0.29) is 5.75 Å². The quantitative estimate of drug-likeness (QED) is 0.551. The van der Waals surface area contributed by atoms with Gasteiger partial charge in [-0.1, -0.05) is 18.2 Å². The lowest BCUT2D eigenvalue weighted by Crippen LogP contribution is -2.39. The zero-order valence-corrected chi connectivity index (χ0v) is 16.5. The van der Waals surface area contributed by atoms with Gasteiger partial charge in [-0.2, -0.15) is 0 Å². The van der Waals surface area contributed by atoms with E-state index in [2.05, 4.69) is 15.2 Å². The van der Waals surface area contributed by atoms with Crippen LogP contribution in [0.3, 0.4) is 0 Å². The molecule has 6 heteroatoms. The van der Waals surface area contributed by atoms with E-state index < -0.39 is 0 Å². The maximum atomic E-state index is 9.59. The van der Waals surface area contributed by atoms with Gasteiger partial charge in [-0.05, 0) is 48.7 Å². The van der Waals surface area contributed by atoms with Gasteiger partial charge in [-0.25, -0.2) is 4.99 Å². The summed E-state index contributed by atoms with van der Waals surface area (Å²) in [5.41, 5.74) is 2.14. The molecule has 2 rings (SSSR count). The van der Waals surface area contributed by atoms with Gasteiger partial charge in [0.05, 0.1) is 20.8 Å². The second-order valence-corrected chi connectivity index (χ2v) is 6.20. The number of aliphatic imine (C=N–C) groups is 1. The Balaban J connectivity index is 2.01. The Morgan fingerprint density at radius 3 is 2.52 bits per heavy atom. The van der Waals surface area contributed by atoms with Gasteiger partial charge >= 0.3 is 0 Å². The van der Waals surface area contributed by atoms with Crippen LogP contribution in [0.25, 0.3) is 0 Å². The van der Waals surface area contributed by atoms with Crippen LogP contribution >= 0.6 is 0 Å². The Kier molecular flexibility index (Phi) is 7.79. The highest BCUT2D eigenvalue weighted by molar-refractivity contribution is 5.79. The first-order valence-corrected chi connectivity index (χ1v) is 9.05. The van der Waals surface area contributed by atoms with Crippen LogP contribution in [0, 0.1) is 0 Å². The molecule has 27 heavy (non-hydrogen) atoms. The Morgan fingerprint density at radius 1 is 1.07 bits per heavy atom. The summed E-state index contributed by atoms with van der Waals surface area (Å²) in [7, 11) is 5.30. The molecule has 0 spiro atoms. The van der Waals surface area contributed by atoms with E-state index in [1.807, 2.05) is 44.3 Å². The number of nitrogens with one attached hydrogen (secondary N) is 1. The highest BCUT2D eigenvalue weighted by atomic mass is 16.5. The average Bonchev–Trinajstić information content (AvgIpc) is 2.69. The van der Waals surface area contributed by atoms with Crippen LogP contribution in [-0.4, -0.2) is 50.3 Å². The molecule has 0 fully saturated rings. The highest BCUT2D eigenvalue weighted by Gasteiger charge is 2.08. The van der Waals surface area contributed by atoms with Crippen LogP contribution in [0.15, 0.2) is 47.5 Å². The molecule has 0 unspecified atom stereocenters. The Hall–Kier alpha value is -2.89. The standard InChI is InChI=1S/C21H29N3O3/c1-5-22-21(23-15-17-7-6-8-18(25)13-17)24(2)12-11-16-9-10-19(26-3)20(14-16)27-4/h6-10,13-14,25H,5,11-12,15H2,1-4H3,(H,22,23). The first-order chi connectivity index (χ1) is 13.1. The predicted molar refractivity (Wildman–Crippen MR) is 109 cm³/mol. The van der Waals surface area contributed by atoms with Crippen molar-refractivity contribution < 1.29 is 14.6 Å². The fraction of sp³-hybridized carbons (Fsp3) is 0.381. The maximum Gasteiger partial charge on any atom is 0.193 e. The van der Waals surface area contributed by atoms with E-state index in [4.69, 9.17) is 9.47 Å². The number of aromatic hydroxyl groups is 1. The molecule has 0 atom stereocenters. The summed E-state index contributed by atoms with van der Waals surface area (Å²) in [6.07, 6.45) is 0.855. The number of rotatable bonds is 8. The summed E-state index contributed by atoms with van der Waals surface area (Å²) < 4.78 is 10.7. The lowest BCUT2D eigenvalue weighted by atomic mass is 10.1. The zero-order valence-electron chi connectivity index (χ0n) is 16.5. The third-order valence-electron chi connectivity index (χ3n) is 4.20. The third-order valence-corrected chi connectivity index (χ3v) is 4.20. The number of guanidine groups is 1. The fourth-order valence-corrected chi connectivity index (χ4v) is 2.73. The lowest BCUT2D eigenvalue weighted by Gasteiger charge is -2.22. The molecule has 0 radical (unpaired) electrons. The van der Waals surface area contributed by atoms with Gasteiger partial charge in [0.15, 0.2) is 17.5 Å². The maximum absolute atomic E-state index is 9.59. The van der Waals surface area contributed by atoms with E-state index in [9.17, 15) is 5.11 Å². The van der Waals surface area contributed by atoms with Crippen LogP contribution in [-0.2, 0) is 13.0 Å². The molecule has 0 amide bonds. The number of nitrogens with zero attached hydrogens (tertiary/aromatic N) is 2. The minimum atomic E-state index is 0.259. The summed E-state index contributed by atoms with van der Waals surface area (Å²) in [5, 5.41) is 12.9. The first-order valence-electron chi connectivity index (χ1n) is 9.05. The van der Waals surface area contributed by atoms with Gasteiger partial charge in [-0.3, -0.25) is 0 Å². The number of methoxy groups -OCH3 is 2. The Morgan fingerprint density at radius 2 is 1.85 bits per heavy atom. The van der Waals surface area contributed by atoms with Crippen LogP contribution in [0.4, 0.5) is 0 Å².